The molecule has 1 fully saturated rings. The average Bonchev–Trinajstić information content (AvgIpc) is 2.64. The summed E-state index contributed by atoms with van der Waals surface area (Å²) >= 11 is 0. The summed E-state index contributed by atoms with van der Waals surface area (Å²) in [6.45, 7) is 4.71. The standard InChI is InChI=1S/C19H23N3O3/c1-13(23)20-7-9-21(10-8-20)19(25)16-11-14-3-2-6-22-17(24)5-4-15(12-16)18(14)22/h11-12H,2-10H2,1H3. The van der Waals surface area contributed by atoms with Crippen molar-refractivity contribution in [3.05, 3.63) is 28.8 Å². The molecule has 0 spiro atoms. The highest BCUT2D eigenvalue weighted by Gasteiger charge is 2.31. The van der Waals surface area contributed by atoms with Gasteiger partial charge in [0.25, 0.3) is 5.91 Å². The van der Waals surface area contributed by atoms with Crippen LogP contribution in [-0.4, -0.2) is 60.2 Å². The third-order valence-corrected chi connectivity index (χ3v) is 5.53. The van der Waals surface area contributed by atoms with Gasteiger partial charge in [-0.25, -0.2) is 0 Å². The molecular formula is C19H23N3O3. The summed E-state index contributed by atoms with van der Waals surface area (Å²) < 4.78 is 0. The molecule has 0 aliphatic carbocycles. The second kappa shape index (κ2) is 6.17. The molecule has 0 aromatic heterocycles. The minimum Gasteiger partial charge on any atom is -0.339 e. The van der Waals surface area contributed by atoms with Crippen molar-refractivity contribution < 1.29 is 14.4 Å². The molecule has 3 amide bonds. The summed E-state index contributed by atoms with van der Waals surface area (Å²) in [6, 6.07) is 3.95. The largest absolute Gasteiger partial charge is 0.339 e. The Morgan fingerprint density at radius 2 is 1.52 bits per heavy atom. The number of benzene rings is 1. The fraction of sp³-hybridized carbons (Fsp3) is 0.526. The first-order chi connectivity index (χ1) is 12.0. The predicted molar refractivity (Wildman–Crippen MR) is 93.6 cm³/mol. The summed E-state index contributed by atoms with van der Waals surface area (Å²) in [7, 11) is 0. The van der Waals surface area contributed by atoms with E-state index >= 15 is 0 Å². The van der Waals surface area contributed by atoms with E-state index < -0.39 is 0 Å². The molecule has 1 saturated heterocycles. The van der Waals surface area contributed by atoms with Crippen LogP contribution in [0.15, 0.2) is 12.1 Å². The highest BCUT2D eigenvalue weighted by molar-refractivity contribution is 6.00. The Morgan fingerprint density at radius 3 is 2.20 bits per heavy atom. The molecule has 1 aromatic rings. The number of hydrogen-bond acceptors (Lipinski definition) is 3. The monoisotopic (exact) mass is 341 g/mol. The number of carbonyl (C=O) groups excluding carboxylic acids is 3. The number of aryl methyl sites for hydroxylation is 2. The Labute approximate surface area is 147 Å². The third kappa shape index (κ3) is 2.79. The fourth-order valence-electron chi connectivity index (χ4n) is 4.18. The van der Waals surface area contributed by atoms with Gasteiger partial charge in [-0.15, -0.1) is 0 Å². The average molecular weight is 341 g/mol. The Morgan fingerprint density at radius 1 is 0.880 bits per heavy atom. The maximum absolute atomic E-state index is 12.9. The van der Waals surface area contributed by atoms with Crippen LogP contribution in [0.25, 0.3) is 0 Å². The van der Waals surface area contributed by atoms with E-state index in [1.54, 1.807) is 11.8 Å². The molecule has 0 saturated carbocycles. The number of amides is 3. The van der Waals surface area contributed by atoms with Crippen LogP contribution in [0, 0.1) is 0 Å². The first-order valence-corrected chi connectivity index (χ1v) is 9.05. The SMILES string of the molecule is CC(=O)N1CCN(C(=O)c2cc3c4c(c2)CCC(=O)N4CCC3)CC1. The molecule has 0 N–H and O–H groups in total. The van der Waals surface area contributed by atoms with E-state index in [0.717, 1.165) is 48.2 Å². The van der Waals surface area contributed by atoms with Gasteiger partial charge in [0.15, 0.2) is 0 Å². The Balaban J connectivity index is 1.59. The van der Waals surface area contributed by atoms with Gasteiger partial charge in [-0.3, -0.25) is 14.4 Å². The lowest BCUT2D eigenvalue weighted by atomic mass is 9.89. The van der Waals surface area contributed by atoms with Crippen molar-refractivity contribution in [3.8, 4) is 0 Å². The van der Waals surface area contributed by atoms with E-state index in [1.807, 2.05) is 21.9 Å². The van der Waals surface area contributed by atoms with Crippen molar-refractivity contribution in [1.29, 1.82) is 0 Å². The first-order valence-electron chi connectivity index (χ1n) is 9.05. The molecule has 0 atom stereocenters. The summed E-state index contributed by atoms with van der Waals surface area (Å²) in [5.41, 5.74) is 4.03. The highest BCUT2D eigenvalue weighted by atomic mass is 16.2. The van der Waals surface area contributed by atoms with Gasteiger partial charge in [0.2, 0.25) is 11.8 Å². The van der Waals surface area contributed by atoms with Gasteiger partial charge in [0.05, 0.1) is 5.69 Å². The minimum absolute atomic E-state index is 0.0382. The molecule has 1 aromatic carbocycles. The molecule has 0 radical (unpaired) electrons. The van der Waals surface area contributed by atoms with Crippen molar-refractivity contribution in [2.75, 3.05) is 37.6 Å². The summed E-state index contributed by atoms with van der Waals surface area (Å²) in [6.07, 6.45) is 3.12. The number of piperazine rings is 1. The summed E-state index contributed by atoms with van der Waals surface area (Å²) in [5, 5.41) is 0. The van der Waals surface area contributed by atoms with E-state index in [2.05, 4.69) is 0 Å². The quantitative estimate of drug-likeness (QED) is 0.772. The normalized spacial score (nSPS) is 19.7. The van der Waals surface area contributed by atoms with Gasteiger partial charge in [-0.05, 0) is 42.5 Å². The van der Waals surface area contributed by atoms with Crippen LogP contribution >= 0.6 is 0 Å². The van der Waals surface area contributed by atoms with Gasteiger partial charge in [-0.2, -0.15) is 0 Å². The van der Waals surface area contributed by atoms with Gasteiger partial charge in [-0.1, -0.05) is 0 Å². The summed E-state index contributed by atoms with van der Waals surface area (Å²) in [5.74, 6) is 0.305. The van der Waals surface area contributed by atoms with Crippen molar-refractivity contribution >= 4 is 23.4 Å². The molecule has 4 rings (SSSR count). The van der Waals surface area contributed by atoms with Gasteiger partial charge >= 0.3 is 0 Å². The van der Waals surface area contributed by atoms with Crippen LogP contribution in [0.4, 0.5) is 5.69 Å². The van der Waals surface area contributed by atoms with Crippen molar-refractivity contribution in [3.63, 3.8) is 0 Å². The number of anilines is 1. The molecule has 6 heteroatoms. The second-order valence-electron chi connectivity index (χ2n) is 7.09. The highest BCUT2D eigenvalue weighted by Crippen LogP contribution is 2.36. The lowest BCUT2D eigenvalue weighted by Crippen LogP contribution is -2.50. The Bertz CT molecular complexity index is 733. The van der Waals surface area contributed by atoms with Crippen LogP contribution in [-0.2, 0) is 22.4 Å². The molecule has 3 heterocycles. The van der Waals surface area contributed by atoms with Gasteiger partial charge in [0, 0.05) is 51.6 Å². The molecule has 3 aliphatic rings. The molecule has 3 aliphatic heterocycles. The lowest BCUT2D eigenvalue weighted by molar-refractivity contribution is -0.130. The predicted octanol–water partition coefficient (Wildman–Crippen LogP) is 1.22. The maximum Gasteiger partial charge on any atom is 0.253 e. The van der Waals surface area contributed by atoms with Crippen molar-refractivity contribution in [2.24, 2.45) is 0 Å². The minimum atomic E-state index is 0.0382. The van der Waals surface area contributed by atoms with Crippen molar-refractivity contribution in [2.45, 2.75) is 32.6 Å². The summed E-state index contributed by atoms with van der Waals surface area (Å²) in [4.78, 5) is 42.0. The third-order valence-electron chi connectivity index (χ3n) is 5.53. The van der Waals surface area contributed by atoms with E-state index in [9.17, 15) is 14.4 Å². The smallest absolute Gasteiger partial charge is 0.253 e. The Hall–Kier alpha value is -2.37. The number of carbonyl (C=O) groups is 3. The molecule has 6 nitrogen and oxygen atoms in total. The molecule has 0 bridgehead atoms. The van der Waals surface area contributed by atoms with Crippen LogP contribution in [0.3, 0.4) is 0 Å². The van der Waals surface area contributed by atoms with Crippen LogP contribution < -0.4 is 4.90 Å². The van der Waals surface area contributed by atoms with E-state index in [4.69, 9.17) is 0 Å². The Kier molecular flexibility index (Phi) is 3.98. The fourth-order valence-corrected chi connectivity index (χ4v) is 4.18. The van der Waals surface area contributed by atoms with Gasteiger partial charge in [0.1, 0.15) is 0 Å². The molecule has 25 heavy (non-hydrogen) atoms. The number of hydrogen-bond donors (Lipinski definition) is 0. The lowest BCUT2D eigenvalue weighted by Gasteiger charge is -2.37. The molecule has 132 valence electrons. The van der Waals surface area contributed by atoms with Gasteiger partial charge < -0.3 is 14.7 Å². The zero-order chi connectivity index (χ0) is 17.6. The van der Waals surface area contributed by atoms with E-state index in [1.165, 1.54) is 0 Å². The molecule has 0 unspecified atom stereocenters. The van der Waals surface area contributed by atoms with Crippen molar-refractivity contribution in [1.82, 2.24) is 9.80 Å². The first kappa shape index (κ1) is 16.1. The maximum atomic E-state index is 12.9. The van der Waals surface area contributed by atoms with Crippen LogP contribution in [0.1, 0.15) is 41.3 Å². The number of rotatable bonds is 1. The zero-order valence-electron chi connectivity index (χ0n) is 14.6. The second-order valence-corrected chi connectivity index (χ2v) is 7.09. The topological polar surface area (TPSA) is 60.9 Å². The van der Waals surface area contributed by atoms with E-state index in [0.29, 0.717) is 32.6 Å². The van der Waals surface area contributed by atoms with E-state index in [-0.39, 0.29) is 17.7 Å². The van der Waals surface area contributed by atoms with Crippen LogP contribution in [0.2, 0.25) is 0 Å². The molecular weight excluding hydrogens is 318 g/mol. The zero-order valence-corrected chi connectivity index (χ0v) is 14.6. The number of nitrogens with zero attached hydrogens (tertiary/aromatic N) is 3. The van der Waals surface area contributed by atoms with Crippen LogP contribution in [0.5, 0.6) is 0 Å².